The number of hydrogen-bond acceptors (Lipinski definition) is 2. The second-order valence-electron chi connectivity index (χ2n) is 3.58. The van der Waals surface area contributed by atoms with Crippen molar-refractivity contribution >= 4 is 21.8 Å². The summed E-state index contributed by atoms with van der Waals surface area (Å²) >= 11 is 3.24. The van der Waals surface area contributed by atoms with Gasteiger partial charge in [0.1, 0.15) is 0 Å². The molecule has 0 heterocycles. The van der Waals surface area contributed by atoms with Gasteiger partial charge in [0, 0.05) is 24.6 Å². The number of nitrogens with one attached hydrogen (secondary N) is 2. The minimum atomic E-state index is -0.378. The van der Waals surface area contributed by atoms with Crippen molar-refractivity contribution in [2.45, 2.75) is 13.8 Å². The molecule has 0 saturated carbocycles. The molecule has 0 spiro atoms. The van der Waals surface area contributed by atoms with Crippen LogP contribution in [0.15, 0.2) is 11.1 Å². The van der Waals surface area contributed by atoms with E-state index in [1.807, 2.05) is 13.8 Å². The summed E-state index contributed by atoms with van der Waals surface area (Å²) in [6, 6.07) is 0. The molecule has 0 fully saturated rings. The molecular formula is C9H17BrN2O. The van der Waals surface area contributed by atoms with Crippen LogP contribution in [0.2, 0.25) is 0 Å². The van der Waals surface area contributed by atoms with Gasteiger partial charge in [0.05, 0.1) is 5.41 Å². The van der Waals surface area contributed by atoms with E-state index in [1.54, 1.807) is 7.05 Å². The molecule has 0 aliphatic rings. The molecule has 76 valence electrons. The summed E-state index contributed by atoms with van der Waals surface area (Å²) in [5.41, 5.74) is -0.378. The van der Waals surface area contributed by atoms with Crippen LogP contribution in [-0.4, -0.2) is 26.0 Å². The van der Waals surface area contributed by atoms with Crippen LogP contribution in [0.25, 0.3) is 0 Å². The van der Waals surface area contributed by atoms with E-state index in [1.165, 1.54) is 0 Å². The molecule has 4 heteroatoms. The van der Waals surface area contributed by atoms with Gasteiger partial charge >= 0.3 is 0 Å². The van der Waals surface area contributed by atoms with Crippen molar-refractivity contribution in [2.24, 2.45) is 5.41 Å². The molecule has 0 aromatic carbocycles. The zero-order valence-corrected chi connectivity index (χ0v) is 9.99. The molecule has 3 nitrogen and oxygen atoms in total. The van der Waals surface area contributed by atoms with Gasteiger partial charge in [-0.05, 0) is 13.8 Å². The van der Waals surface area contributed by atoms with E-state index < -0.39 is 0 Å². The average Bonchev–Trinajstić information content (AvgIpc) is 2.01. The maximum Gasteiger partial charge on any atom is 0.226 e. The van der Waals surface area contributed by atoms with E-state index in [0.29, 0.717) is 13.1 Å². The normalized spacial score (nSPS) is 11.1. The molecule has 0 atom stereocenters. The van der Waals surface area contributed by atoms with Gasteiger partial charge in [-0.3, -0.25) is 4.79 Å². The number of amides is 1. The first kappa shape index (κ1) is 12.7. The lowest BCUT2D eigenvalue weighted by Gasteiger charge is -2.22. The third-order valence-corrected chi connectivity index (χ3v) is 2.01. The second-order valence-corrected chi connectivity index (χ2v) is 4.71. The van der Waals surface area contributed by atoms with Crippen molar-refractivity contribution in [2.75, 3.05) is 20.1 Å². The summed E-state index contributed by atoms with van der Waals surface area (Å²) in [6.07, 6.45) is 0. The SMILES string of the molecule is C=C(Br)CNCC(C)(C)C(=O)NC. The van der Waals surface area contributed by atoms with Crippen molar-refractivity contribution in [3.05, 3.63) is 11.1 Å². The minimum absolute atomic E-state index is 0.0418. The predicted octanol–water partition coefficient (Wildman–Crippen LogP) is 1.26. The number of hydrogen-bond donors (Lipinski definition) is 2. The first-order valence-electron chi connectivity index (χ1n) is 4.16. The van der Waals surface area contributed by atoms with Crippen molar-refractivity contribution in [3.63, 3.8) is 0 Å². The first-order valence-corrected chi connectivity index (χ1v) is 4.95. The molecule has 0 aromatic heterocycles. The van der Waals surface area contributed by atoms with E-state index in [-0.39, 0.29) is 11.3 Å². The third-order valence-electron chi connectivity index (χ3n) is 1.73. The van der Waals surface area contributed by atoms with Crippen molar-refractivity contribution in [1.29, 1.82) is 0 Å². The Bertz CT molecular complexity index is 202. The Kier molecular flexibility index (Phi) is 5.25. The van der Waals surface area contributed by atoms with Crippen LogP contribution < -0.4 is 10.6 Å². The molecular weight excluding hydrogens is 232 g/mol. The molecule has 0 aromatic rings. The zero-order chi connectivity index (χ0) is 10.5. The minimum Gasteiger partial charge on any atom is -0.359 e. The summed E-state index contributed by atoms with van der Waals surface area (Å²) in [5.74, 6) is 0.0418. The third kappa shape index (κ3) is 5.05. The highest BCUT2D eigenvalue weighted by atomic mass is 79.9. The van der Waals surface area contributed by atoms with Crippen molar-refractivity contribution in [1.82, 2.24) is 10.6 Å². The highest BCUT2D eigenvalue weighted by Crippen LogP contribution is 2.13. The Labute approximate surface area is 88.1 Å². The van der Waals surface area contributed by atoms with Crippen molar-refractivity contribution in [3.8, 4) is 0 Å². The van der Waals surface area contributed by atoms with Crippen LogP contribution in [0.5, 0.6) is 0 Å². The van der Waals surface area contributed by atoms with Gasteiger partial charge in [0.25, 0.3) is 0 Å². The van der Waals surface area contributed by atoms with E-state index in [4.69, 9.17) is 0 Å². The highest BCUT2D eigenvalue weighted by Gasteiger charge is 2.25. The second kappa shape index (κ2) is 5.40. The Morgan fingerprint density at radius 1 is 1.54 bits per heavy atom. The lowest BCUT2D eigenvalue weighted by Crippen LogP contribution is -2.42. The lowest BCUT2D eigenvalue weighted by molar-refractivity contribution is -0.128. The first-order chi connectivity index (χ1) is 5.90. The van der Waals surface area contributed by atoms with Crippen LogP contribution in [-0.2, 0) is 4.79 Å². The van der Waals surface area contributed by atoms with Crippen molar-refractivity contribution < 1.29 is 4.79 Å². The van der Waals surface area contributed by atoms with Gasteiger partial charge < -0.3 is 10.6 Å². The number of rotatable bonds is 5. The van der Waals surface area contributed by atoms with Gasteiger partial charge in [-0.2, -0.15) is 0 Å². The van der Waals surface area contributed by atoms with Crippen LogP contribution >= 0.6 is 15.9 Å². The quantitative estimate of drug-likeness (QED) is 0.770. The number of halogens is 1. The fraction of sp³-hybridized carbons (Fsp3) is 0.667. The zero-order valence-electron chi connectivity index (χ0n) is 8.41. The average molecular weight is 249 g/mol. The molecule has 0 radical (unpaired) electrons. The van der Waals surface area contributed by atoms with Crippen LogP contribution in [0.3, 0.4) is 0 Å². The molecule has 0 saturated heterocycles. The van der Waals surface area contributed by atoms with Gasteiger partial charge in [0.15, 0.2) is 0 Å². The predicted molar refractivity (Wildman–Crippen MR) is 58.8 cm³/mol. The van der Waals surface area contributed by atoms with E-state index in [9.17, 15) is 4.79 Å². The van der Waals surface area contributed by atoms with Crippen LogP contribution in [0.1, 0.15) is 13.8 Å². The molecule has 13 heavy (non-hydrogen) atoms. The summed E-state index contributed by atoms with van der Waals surface area (Å²) in [4.78, 5) is 11.3. The molecule has 0 bridgehead atoms. The molecule has 0 unspecified atom stereocenters. The highest BCUT2D eigenvalue weighted by molar-refractivity contribution is 9.11. The topological polar surface area (TPSA) is 41.1 Å². The van der Waals surface area contributed by atoms with Gasteiger partial charge in [-0.15, -0.1) is 0 Å². The largest absolute Gasteiger partial charge is 0.359 e. The number of carbonyl (C=O) groups excluding carboxylic acids is 1. The number of carbonyl (C=O) groups is 1. The summed E-state index contributed by atoms with van der Waals surface area (Å²) < 4.78 is 0.889. The lowest BCUT2D eigenvalue weighted by atomic mass is 9.92. The standard InChI is InChI=1S/C9H17BrN2O/c1-7(10)5-12-6-9(2,3)8(13)11-4/h12H,1,5-6H2,2-4H3,(H,11,13). The van der Waals surface area contributed by atoms with Gasteiger partial charge in [0.2, 0.25) is 5.91 Å². The fourth-order valence-electron chi connectivity index (χ4n) is 0.929. The monoisotopic (exact) mass is 248 g/mol. The molecule has 0 aliphatic carbocycles. The fourth-order valence-corrected chi connectivity index (χ4v) is 1.13. The van der Waals surface area contributed by atoms with Crippen LogP contribution in [0.4, 0.5) is 0 Å². The molecule has 0 aliphatic heterocycles. The maximum atomic E-state index is 11.3. The molecule has 0 rings (SSSR count). The van der Waals surface area contributed by atoms with E-state index >= 15 is 0 Å². The van der Waals surface area contributed by atoms with Gasteiger partial charge in [-0.25, -0.2) is 0 Å². The van der Waals surface area contributed by atoms with Crippen LogP contribution in [0, 0.1) is 5.41 Å². The summed E-state index contributed by atoms with van der Waals surface area (Å²) in [7, 11) is 1.65. The summed E-state index contributed by atoms with van der Waals surface area (Å²) in [6.45, 7) is 8.81. The van der Waals surface area contributed by atoms with E-state index in [2.05, 4.69) is 33.1 Å². The Hall–Kier alpha value is -0.350. The Morgan fingerprint density at radius 2 is 2.08 bits per heavy atom. The Morgan fingerprint density at radius 3 is 2.46 bits per heavy atom. The Balaban J connectivity index is 3.89. The van der Waals surface area contributed by atoms with E-state index in [0.717, 1.165) is 4.48 Å². The molecule has 1 amide bonds. The summed E-state index contributed by atoms with van der Waals surface area (Å²) in [5, 5.41) is 5.76. The maximum absolute atomic E-state index is 11.3. The smallest absolute Gasteiger partial charge is 0.226 e. The molecule has 2 N–H and O–H groups in total. The van der Waals surface area contributed by atoms with Gasteiger partial charge in [-0.1, -0.05) is 22.5 Å².